The average molecular weight is 380 g/mol. The molecule has 1 aliphatic carbocycles. The molecule has 0 radical (unpaired) electrons. The van der Waals surface area contributed by atoms with Gasteiger partial charge in [0.25, 0.3) is 0 Å². The zero-order chi connectivity index (χ0) is 16.4. The molecule has 6 heteroatoms. The molecule has 124 valence electrons. The number of rotatable bonds is 4. The van der Waals surface area contributed by atoms with Crippen LogP contribution in [0.15, 0.2) is 28.7 Å². The van der Waals surface area contributed by atoms with Gasteiger partial charge in [0.15, 0.2) is 0 Å². The fraction of sp³-hybridized carbons (Fsp3) is 0.529. The number of piperazine rings is 1. The second kappa shape index (κ2) is 6.61. The highest BCUT2D eigenvalue weighted by Gasteiger charge is 2.58. The Morgan fingerprint density at radius 1 is 1.22 bits per heavy atom. The van der Waals surface area contributed by atoms with Gasteiger partial charge in [-0.05, 0) is 37.6 Å². The van der Waals surface area contributed by atoms with Gasteiger partial charge in [0.2, 0.25) is 11.8 Å². The van der Waals surface area contributed by atoms with Crippen molar-refractivity contribution in [2.24, 2.45) is 5.41 Å². The van der Waals surface area contributed by atoms with Crippen LogP contribution in [0.1, 0.15) is 19.8 Å². The van der Waals surface area contributed by atoms with E-state index in [4.69, 9.17) is 0 Å². The standard InChI is InChI=1S/C17H22BrN3O2/c1-2-20-8-10-21(11-9-20)16(23)17(6-7-17)15(22)19-14-5-3-4-13(18)12-14/h3-5,12H,2,6-11H2,1H3,(H,19,22). The summed E-state index contributed by atoms with van der Waals surface area (Å²) in [5.74, 6) is -0.167. The summed E-state index contributed by atoms with van der Waals surface area (Å²) < 4.78 is 0.905. The summed E-state index contributed by atoms with van der Waals surface area (Å²) in [6.07, 6.45) is 1.30. The van der Waals surface area contributed by atoms with Crippen molar-refractivity contribution >= 4 is 33.4 Å². The van der Waals surface area contributed by atoms with E-state index in [9.17, 15) is 9.59 Å². The summed E-state index contributed by atoms with van der Waals surface area (Å²) in [5, 5.41) is 2.90. The smallest absolute Gasteiger partial charge is 0.240 e. The molecule has 23 heavy (non-hydrogen) atoms. The van der Waals surface area contributed by atoms with Gasteiger partial charge in [0.05, 0.1) is 0 Å². The predicted octanol–water partition coefficient (Wildman–Crippen LogP) is 2.33. The third-order valence-electron chi connectivity index (χ3n) is 4.78. The first kappa shape index (κ1) is 16.5. The third-order valence-corrected chi connectivity index (χ3v) is 5.28. The molecule has 1 aliphatic heterocycles. The number of likely N-dealkylation sites (N-methyl/N-ethyl adjacent to an activating group) is 1. The highest BCUT2D eigenvalue weighted by atomic mass is 79.9. The van der Waals surface area contributed by atoms with Crippen molar-refractivity contribution in [2.75, 3.05) is 38.0 Å². The van der Waals surface area contributed by atoms with Crippen molar-refractivity contribution < 1.29 is 9.59 Å². The van der Waals surface area contributed by atoms with Crippen LogP contribution in [0, 0.1) is 5.41 Å². The fourth-order valence-corrected chi connectivity index (χ4v) is 3.45. The van der Waals surface area contributed by atoms with Crippen molar-refractivity contribution in [1.29, 1.82) is 0 Å². The number of carbonyl (C=O) groups is 2. The summed E-state index contributed by atoms with van der Waals surface area (Å²) in [5.41, 5.74) is -0.115. The summed E-state index contributed by atoms with van der Waals surface area (Å²) in [6.45, 7) is 6.37. The lowest BCUT2D eigenvalue weighted by Gasteiger charge is -2.35. The Morgan fingerprint density at radius 3 is 2.48 bits per heavy atom. The molecule has 1 saturated carbocycles. The molecule has 1 aromatic carbocycles. The number of hydrogen-bond donors (Lipinski definition) is 1. The fourth-order valence-electron chi connectivity index (χ4n) is 3.05. The van der Waals surface area contributed by atoms with Crippen LogP contribution in [0.2, 0.25) is 0 Å². The molecule has 1 heterocycles. The molecule has 2 aliphatic rings. The van der Waals surface area contributed by atoms with Crippen molar-refractivity contribution in [3.8, 4) is 0 Å². The first-order valence-corrected chi connectivity index (χ1v) is 8.93. The van der Waals surface area contributed by atoms with Gasteiger partial charge >= 0.3 is 0 Å². The molecule has 2 fully saturated rings. The summed E-state index contributed by atoms with van der Waals surface area (Å²) in [4.78, 5) is 29.6. The lowest BCUT2D eigenvalue weighted by atomic mass is 10.0. The number of carbonyl (C=O) groups excluding carboxylic acids is 2. The summed E-state index contributed by atoms with van der Waals surface area (Å²) >= 11 is 3.39. The maximum absolute atomic E-state index is 12.8. The van der Waals surface area contributed by atoms with Crippen LogP contribution in [-0.4, -0.2) is 54.3 Å². The number of amides is 2. The molecular formula is C17H22BrN3O2. The monoisotopic (exact) mass is 379 g/mol. The number of halogens is 1. The Morgan fingerprint density at radius 2 is 1.91 bits per heavy atom. The van der Waals surface area contributed by atoms with E-state index in [1.165, 1.54) is 0 Å². The number of anilines is 1. The lowest BCUT2D eigenvalue weighted by Crippen LogP contribution is -2.52. The SMILES string of the molecule is CCN1CCN(C(=O)C2(C(=O)Nc3cccc(Br)c3)CC2)CC1. The van der Waals surface area contributed by atoms with Gasteiger partial charge < -0.3 is 15.1 Å². The molecule has 2 amide bonds. The Hall–Kier alpha value is -1.40. The average Bonchev–Trinajstić information content (AvgIpc) is 3.36. The van der Waals surface area contributed by atoms with Crippen LogP contribution >= 0.6 is 15.9 Å². The molecule has 1 aromatic rings. The molecule has 3 rings (SSSR count). The van der Waals surface area contributed by atoms with Crippen molar-refractivity contribution in [1.82, 2.24) is 9.80 Å². The number of hydrogen-bond acceptors (Lipinski definition) is 3. The van der Waals surface area contributed by atoms with Crippen LogP contribution in [0.5, 0.6) is 0 Å². The van der Waals surface area contributed by atoms with Crippen LogP contribution in [0.3, 0.4) is 0 Å². The first-order chi connectivity index (χ1) is 11.0. The zero-order valence-electron chi connectivity index (χ0n) is 13.3. The van der Waals surface area contributed by atoms with Crippen molar-refractivity contribution in [3.05, 3.63) is 28.7 Å². The highest BCUT2D eigenvalue weighted by Crippen LogP contribution is 2.48. The molecule has 0 atom stereocenters. The van der Waals surface area contributed by atoms with Gasteiger partial charge in [-0.1, -0.05) is 28.9 Å². The summed E-state index contributed by atoms with van der Waals surface area (Å²) in [6, 6.07) is 7.45. The minimum absolute atomic E-state index is 0.000694. The van der Waals surface area contributed by atoms with Gasteiger partial charge in [0.1, 0.15) is 5.41 Å². The highest BCUT2D eigenvalue weighted by molar-refractivity contribution is 9.10. The first-order valence-electron chi connectivity index (χ1n) is 8.14. The van der Waals surface area contributed by atoms with E-state index < -0.39 is 5.41 Å². The molecular weight excluding hydrogens is 358 g/mol. The van der Waals surface area contributed by atoms with Crippen molar-refractivity contribution in [3.63, 3.8) is 0 Å². The Labute approximate surface area is 145 Å². The molecule has 0 aromatic heterocycles. The van der Waals surface area contributed by atoms with E-state index in [1.54, 1.807) is 0 Å². The van der Waals surface area contributed by atoms with E-state index in [2.05, 4.69) is 33.1 Å². The second-order valence-electron chi connectivity index (χ2n) is 6.27. The van der Waals surface area contributed by atoms with E-state index in [0.29, 0.717) is 12.8 Å². The van der Waals surface area contributed by atoms with E-state index in [1.807, 2.05) is 29.2 Å². The van der Waals surface area contributed by atoms with Crippen LogP contribution < -0.4 is 5.32 Å². The van der Waals surface area contributed by atoms with Gasteiger partial charge in [-0.15, -0.1) is 0 Å². The molecule has 5 nitrogen and oxygen atoms in total. The molecule has 0 unspecified atom stereocenters. The molecule has 0 bridgehead atoms. The van der Waals surface area contributed by atoms with Gasteiger partial charge in [-0.2, -0.15) is 0 Å². The minimum atomic E-state index is -0.837. The predicted molar refractivity (Wildman–Crippen MR) is 93.1 cm³/mol. The second-order valence-corrected chi connectivity index (χ2v) is 7.19. The Balaban J connectivity index is 1.64. The number of benzene rings is 1. The lowest BCUT2D eigenvalue weighted by molar-refractivity contribution is -0.143. The third kappa shape index (κ3) is 3.43. The van der Waals surface area contributed by atoms with Gasteiger partial charge in [-0.3, -0.25) is 9.59 Å². The van der Waals surface area contributed by atoms with Crippen LogP contribution in [0.25, 0.3) is 0 Å². The summed E-state index contributed by atoms with van der Waals surface area (Å²) in [7, 11) is 0. The topological polar surface area (TPSA) is 52.7 Å². The minimum Gasteiger partial charge on any atom is -0.339 e. The molecule has 0 spiro atoms. The maximum atomic E-state index is 12.8. The normalized spacial score (nSPS) is 20.2. The Kier molecular flexibility index (Phi) is 4.73. The van der Waals surface area contributed by atoms with Crippen molar-refractivity contribution in [2.45, 2.75) is 19.8 Å². The van der Waals surface area contributed by atoms with Crippen LogP contribution in [0.4, 0.5) is 5.69 Å². The molecule has 1 N–H and O–H groups in total. The number of nitrogens with zero attached hydrogens (tertiary/aromatic N) is 2. The zero-order valence-corrected chi connectivity index (χ0v) is 14.9. The largest absolute Gasteiger partial charge is 0.339 e. The van der Waals surface area contributed by atoms with E-state index in [0.717, 1.165) is 42.9 Å². The van der Waals surface area contributed by atoms with Gasteiger partial charge in [-0.25, -0.2) is 0 Å². The van der Waals surface area contributed by atoms with E-state index >= 15 is 0 Å². The maximum Gasteiger partial charge on any atom is 0.240 e. The quantitative estimate of drug-likeness (QED) is 0.816. The molecule has 1 saturated heterocycles. The Bertz CT molecular complexity index is 608. The van der Waals surface area contributed by atoms with Gasteiger partial charge in [0, 0.05) is 36.3 Å². The van der Waals surface area contributed by atoms with Crippen LogP contribution in [-0.2, 0) is 9.59 Å². The number of nitrogens with one attached hydrogen (secondary N) is 1. The van der Waals surface area contributed by atoms with E-state index in [-0.39, 0.29) is 11.8 Å².